The second kappa shape index (κ2) is 11.7. The van der Waals surface area contributed by atoms with Crippen molar-refractivity contribution in [3.63, 3.8) is 0 Å². The SMILES string of the molecule is CB(O)N1CCC(CC(=O)N2[C@H](C)CN(C(c3ccc(Cl)cc3)c3ccc(Cl)cc3)C[C@@H]2C)CC1. The molecule has 2 saturated heterocycles. The Morgan fingerprint density at radius 2 is 1.40 bits per heavy atom. The molecule has 2 heterocycles. The molecule has 35 heavy (non-hydrogen) atoms. The molecular formula is C27H36BCl2N3O2. The van der Waals surface area contributed by atoms with Gasteiger partial charge in [-0.1, -0.05) is 47.5 Å². The molecule has 0 saturated carbocycles. The smallest absolute Gasteiger partial charge is 0.376 e. The summed E-state index contributed by atoms with van der Waals surface area (Å²) in [5, 5.41) is 11.3. The standard InChI is InChI=1S/C27H36BCl2N3O2/c1-19-17-31(27(22-4-8-24(29)9-5-22)23-6-10-25(30)11-7-23)18-20(2)33(19)26(34)16-21-12-14-32(15-13-21)28(3)35/h4-11,19-21,27,35H,12-18H2,1-3H3/t19-,20+. The lowest BCUT2D eigenvalue weighted by molar-refractivity contribution is -0.140. The number of rotatable bonds is 6. The first-order valence-electron chi connectivity index (χ1n) is 12.7. The van der Waals surface area contributed by atoms with E-state index < -0.39 is 7.05 Å². The molecule has 2 aliphatic rings. The van der Waals surface area contributed by atoms with E-state index >= 15 is 0 Å². The van der Waals surface area contributed by atoms with Crippen LogP contribution in [0.3, 0.4) is 0 Å². The van der Waals surface area contributed by atoms with E-state index in [0.29, 0.717) is 12.3 Å². The maximum absolute atomic E-state index is 13.4. The van der Waals surface area contributed by atoms with Crippen LogP contribution in [0.1, 0.15) is 50.3 Å². The van der Waals surface area contributed by atoms with Crippen LogP contribution in [0.5, 0.6) is 0 Å². The topological polar surface area (TPSA) is 47.0 Å². The fraction of sp³-hybridized carbons (Fsp3) is 0.519. The summed E-state index contributed by atoms with van der Waals surface area (Å²) in [4.78, 5) is 20.1. The Kier molecular flexibility index (Phi) is 8.83. The third kappa shape index (κ3) is 6.42. The Balaban J connectivity index is 1.47. The Bertz CT molecular complexity index is 923. The van der Waals surface area contributed by atoms with Crippen molar-refractivity contribution in [1.82, 2.24) is 14.6 Å². The van der Waals surface area contributed by atoms with Crippen LogP contribution in [0.15, 0.2) is 48.5 Å². The van der Waals surface area contributed by atoms with Crippen LogP contribution in [-0.4, -0.2) is 70.9 Å². The highest BCUT2D eigenvalue weighted by atomic mass is 35.5. The predicted molar refractivity (Wildman–Crippen MR) is 145 cm³/mol. The fourth-order valence-corrected chi connectivity index (χ4v) is 6.11. The molecule has 1 N–H and O–H groups in total. The zero-order chi connectivity index (χ0) is 25.1. The van der Waals surface area contributed by atoms with Gasteiger partial charge in [-0.05, 0) is 87.9 Å². The number of benzene rings is 2. The van der Waals surface area contributed by atoms with Gasteiger partial charge in [0.05, 0.1) is 6.04 Å². The van der Waals surface area contributed by atoms with Crippen LogP contribution >= 0.6 is 23.2 Å². The van der Waals surface area contributed by atoms with Crippen LogP contribution in [-0.2, 0) is 4.79 Å². The van der Waals surface area contributed by atoms with Crippen molar-refractivity contribution in [2.45, 2.75) is 58.1 Å². The van der Waals surface area contributed by atoms with E-state index in [1.165, 1.54) is 11.1 Å². The minimum atomic E-state index is -0.408. The van der Waals surface area contributed by atoms with Crippen molar-refractivity contribution < 1.29 is 9.82 Å². The molecule has 5 nitrogen and oxygen atoms in total. The van der Waals surface area contributed by atoms with Crippen LogP contribution < -0.4 is 0 Å². The summed E-state index contributed by atoms with van der Waals surface area (Å²) in [5.74, 6) is 0.653. The number of piperazine rings is 1. The molecule has 2 aromatic rings. The van der Waals surface area contributed by atoms with Crippen LogP contribution in [0, 0.1) is 5.92 Å². The van der Waals surface area contributed by atoms with Gasteiger partial charge in [0, 0.05) is 41.6 Å². The maximum atomic E-state index is 13.4. The molecule has 1 amide bonds. The van der Waals surface area contributed by atoms with E-state index in [1.54, 1.807) is 0 Å². The lowest BCUT2D eigenvalue weighted by Gasteiger charge is -2.48. The molecule has 0 unspecified atom stereocenters. The quantitative estimate of drug-likeness (QED) is 0.536. The minimum Gasteiger partial charge on any atom is -0.437 e. The number of piperidine rings is 1. The first-order chi connectivity index (χ1) is 16.7. The normalized spacial score (nSPS) is 22.5. The number of nitrogens with zero attached hydrogens (tertiary/aromatic N) is 3. The molecule has 0 aliphatic carbocycles. The number of halogens is 2. The molecule has 0 radical (unpaired) electrons. The Morgan fingerprint density at radius 1 is 0.943 bits per heavy atom. The monoisotopic (exact) mass is 515 g/mol. The number of carbonyl (C=O) groups excluding carboxylic acids is 1. The maximum Gasteiger partial charge on any atom is 0.376 e. The molecule has 4 rings (SSSR count). The predicted octanol–water partition coefficient (Wildman–Crippen LogP) is 5.22. The van der Waals surface area contributed by atoms with E-state index in [-0.39, 0.29) is 24.0 Å². The van der Waals surface area contributed by atoms with E-state index in [1.807, 2.05) is 31.1 Å². The summed E-state index contributed by atoms with van der Waals surface area (Å²) in [5.41, 5.74) is 2.36. The number of amides is 1. The zero-order valence-electron chi connectivity index (χ0n) is 20.9. The molecule has 2 aliphatic heterocycles. The van der Waals surface area contributed by atoms with E-state index in [0.717, 1.165) is 49.1 Å². The van der Waals surface area contributed by atoms with Gasteiger partial charge in [-0.3, -0.25) is 9.69 Å². The van der Waals surface area contributed by atoms with Gasteiger partial charge in [0.15, 0.2) is 0 Å². The summed E-state index contributed by atoms with van der Waals surface area (Å²) in [7, 11) is -0.408. The van der Waals surface area contributed by atoms with Crippen molar-refractivity contribution in [3.05, 3.63) is 69.7 Å². The lowest BCUT2D eigenvalue weighted by Crippen LogP contribution is -2.59. The third-order valence-electron chi connectivity index (χ3n) is 7.61. The highest BCUT2D eigenvalue weighted by molar-refractivity contribution is 6.45. The van der Waals surface area contributed by atoms with E-state index in [9.17, 15) is 9.82 Å². The second-order valence-electron chi connectivity index (χ2n) is 10.3. The summed E-state index contributed by atoms with van der Waals surface area (Å²) < 4.78 is 0. The number of hydrogen-bond acceptors (Lipinski definition) is 4. The molecule has 8 heteroatoms. The Morgan fingerprint density at radius 3 is 1.83 bits per heavy atom. The van der Waals surface area contributed by atoms with Crippen molar-refractivity contribution in [2.75, 3.05) is 26.2 Å². The Labute approximate surface area is 220 Å². The molecule has 2 atom stereocenters. The lowest BCUT2D eigenvalue weighted by atomic mass is 9.80. The zero-order valence-corrected chi connectivity index (χ0v) is 22.4. The molecule has 0 spiro atoms. The van der Waals surface area contributed by atoms with Crippen LogP contribution in [0.4, 0.5) is 0 Å². The Hall–Kier alpha value is -1.57. The molecular weight excluding hydrogens is 480 g/mol. The molecule has 2 aromatic carbocycles. The van der Waals surface area contributed by atoms with Crippen molar-refractivity contribution >= 4 is 36.2 Å². The molecule has 0 aromatic heterocycles. The van der Waals surface area contributed by atoms with E-state index in [2.05, 4.69) is 52.7 Å². The average Bonchev–Trinajstić information content (AvgIpc) is 2.81. The van der Waals surface area contributed by atoms with Crippen molar-refractivity contribution in [1.29, 1.82) is 0 Å². The number of carbonyl (C=O) groups is 1. The largest absolute Gasteiger partial charge is 0.437 e. The van der Waals surface area contributed by atoms with Gasteiger partial charge in [-0.2, -0.15) is 0 Å². The highest BCUT2D eigenvalue weighted by Gasteiger charge is 2.37. The van der Waals surface area contributed by atoms with Gasteiger partial charge in [-0.25, -0.2) is 0 Å². The summed E-state index contributed by atoms with van der Waals surface area (Å²) >= 11 is 12.4. The third-order valence-corrected chi connectivity index (χ3v) is 8.12. The van der Waals surface area contributed by atoms with Crippen LogP contribution in [0.2, 0.25) is 16.9 Å². The molecule has 2 fully saturated rings. The van der Waals surface area contributed by atoms with Gasteiger partial charge in [0.2, 0.25) is 5.91 Å². The van der Waals surface area contributed by atoms with Gasteiger partial charge in [-0.15, -0.1) is 0 Å². The van der Waals surface area contributed by atoms with E-state index in [4.69, 9.17) is 23.2 Å². The average molecular weight is 516 g/mol. The van der Waals surface area contributed by atoms with Gasteiger partial charge >= 0.3 is 7.05 Å². The molecule has 188 valence electrons. The summed E-state index contributed by atoms with van der Waals surface area (Å²) in [6.45, 7) is 9.46. The van der Waals surface area contributed by atoms with Crippen molar-refractivity contribution in [3.8, 4) is 0 Å². The second-order valence-corrected chi connectivity index (χ2v) is 11.1. The minimum absolute atomic E-state index is 0.0662. The molecule has 0 bridgehead atoms. The summed E-state index contributed by atoms with van der Waals surface area (Å²) in [6.07, 6.45) is 2.53. The number of hydrogen-bond donors (Lipinski definition) is 1. The first kappa shape index (κ1) is 26.5. The van der Waals surface area contributed by atoms with Gasteiger partial charge in [0.25, 0.3) is 0 Å². The summed E-state index contributed by atoms with van der Waals surface area (Å²) in [6, 6.07) is 16.4. The highest BCUT2D eigenvalue weighted by Crippen LogP contribution is 2.34. The van der Waals surface area contributed by atoms with Gasteiger partial charge in [0.1, 0.15) is 0 Å². The fourth-order valence-electron chi connectivity index (χ4n) is 5.85. The van der Waals surface area contributed by atoms with Gasteiger partial charge < -0.3 is 14.7 Å². The van der Waals surface area contributed by atoms with Crippen LogP contribution in [0.25, 0.3) is 0 Å². The first-order valence-corrected chi connectivity index (χ1v) is 13.5. The van der Waals surface area contributed by atoms with Crippen molar-refractivity contribution in [2.24, 2.45) is 5.92 Å².